The third-order valence-corrected chi connectivity index (χ3v) is 2.49. The zero-order valence-corrected chi connectivity index (χ0v) is 11.4. The van der Waals surface area contributed by atoms with Crippen LogP contribution in [0.1, 0.15) is 27.8 Å². The molecule has 0 saturated heterocycles. The number of hydrogen-bond acceptors (Lipinski definition) is 2. The maximum absolute atomic E-state index is 8.40. The van der Waals surface area contributed by atoms with E-state index < -0.39 is 0 Å². The Morgan fingerprint density at radius 2 is 1.05 bits per heavy atom. The molecule has 0 fully saturated rings. The van der Waals surface area contributed by atoms with Gasteiger partial charge >= 0.3 is 0 Å². The molecule has 0 unspecified atom stereocenters. The first-order chi connectivity index (χ1) is 9.05. The van der Waals surface area contributed by atoms with E-state index in [1.54, 1.807) is 24.3 Å². The van der Waals surface area contributed by atoms with Gasteiger partial charge in [-0.1, -0.05) is 41.0 Å². The predicted octanol–water partition coefficient (Wildman–Crippen LogP) is 4.04. The highest BCUT2D eigenvalue weighted by atomic mass is 14.2. The fourth-order valence-electron chi connectivity index (χ4n) is 1.86. The molecule has 0 aromatic heterocycles. The topological polar surface area (TPSA) is 47.6 Å². The van der Waals surface area contributed by atoms with Gasteiger partial charge in [0.25, 0.3) is 0 Å². The van der Waals surface area contributed by atoms with Crippen LogP contribution in [0, 0.1) is 43.4 Å². The Hall–Kier alpha value is -2.58. The van der Waals surface area contributed by atoms with Gasteiger partial charge < -0.3 is 0 Å². The van der Waals surface area contributed by atoms with Crippen molar-refractivity contribution in [2.45, 2.75) is 20.8 Å². The summed E-state index contributed by atoms with van der Waals surface area (Å²) in [4.78, 5) is 0. The minimum atomic E-state index is 0.527. The number of benzene rings is 2. The van der Waals surface area contributed by atoms with Gasteiger partial charge in [-0.05, 0) is 39.0 Å². The minimum absolute atomic E-state index is 0.527. The monoisotopic (exact) mass is 248 g/mol. The van der Waals surface area contributed by atoms with E-state index in [9.17, 15) is 0 Å². The highest BCUT2D eigenvalue weighted by Gasteiger charge is 1.90. The number of aryl methyl sites for hydroxylation is 3. The van der Waals surface area contributed by atoms with Gasteiger partial charge in [0.2, 0.25) is 0 Å². The average molecular weight is 248 g/mol. The maximum Gasteiger partial charge on any atom is 0.0992 e. The van der Waals surface area contributed by atoms with E-state index in [1.165, 1.54) is 16.7 Å². The van der Waals surface area contributed by atoms with E-state index in [0.29, 0.717) is 11.1 Å². The summed E-state index contributed by atoms with van der Waals surface area (Å²) in [5.41, 5.74) is 5.12. The molecule has 0 spiro atoms. The van der Waals surface area contributed by atoms with E-state index in [1.807, 2.05) is 12.1 Å². The quantitative estimate of drug-likeness (QED) is 0.706. The summed E-state index contributed by atoms with van der Waals surface area (Å²) in [6, 6.07) is 17.0. The Labute approximate surface area is 114 Å². The van der Waals surface area contributed by atoms with Crippen molar-refractivity contribution in [3.8, 4) is 12.1 Å². The SMILES string of the molecule is Cc1cc(C)cc(C)c1.N#Cc1cccc(C#N)c1. The number of nitriles is 2. The summed E-state index contributed by atoms with van der Waals surface area (Å²) in [5, 5.41) is 16.8. The lowest BCUT2D eigenvalue weighted by atomic mass is 10.1. The first kappa shape index (κ1) is 14.5. The predicted molar refractivity (Wildman–Crippen MR) is 76.5 cm³/mol. The second-order valence-corrected chi connectivity index (χ2v) is 4.47. The molecule has 0 radical (unpaired) electrons. The molecule has 2 rings (SSSR count). The highest BCUT2D eigenvalue weighted by molar-refractivity contribution is 5.38. The van der Waals surface area contributed by atoms with E-state index in [-0.39, 0.29) is 0 Å². The van der Waals surface area contributed by atoms with Gasteiger partial charge in [-0.25, -0.2) is 0 Å². The van der Waals surface area contributed by atoms with Crippen molar-refractivity contribution in [3.63, 3.8) is 0 Å². The molecule has 0 bridgehead atoms. The van der Waals surface area contributed by atoms with Crippen molar-refractivity contribution in [2.75, 3.05) is 0 Å². The van der Waals surface area contributed by atoms with Crippen molar-refractivity contribution in [1.82, 2.24) is 0 Å². The van der Waals surface area contributed by atoms with Crippen LogP contribution < -0.4 is 0 Å². The molecule has 0 saturated carbocycles. The zero-order valence-electron chi connectivity index (χ0n) is 11.4. The fourth-order valence-corrected chi connectivity index (χ4v) is 1.86. The Bertz CT molecular complexity index is 563. The van der Waals surface area contributed by atoms with Crippen LogP contribution in [0.5, 0.6) is 0 Å². The smallest absolute Gasteiger partial charge is 0.0992 e. The second-order valence-electron chi connectivity index (χ2n) is 4.47. The summed E-state index contributed by atoms with van der Waals surface area (Å²) in [6.07, 6.45) is 0. The molecule has 0 heterocycles. The Morgan fingerprint density at radius 3 is 1.37 bits per heavy atom. The van der Waals surface area contributed by atoms with Crippen LogP contribution in [0.15, 0.2) is 42.5 Å². The molecule has 2 aromatic rings. The van der Waals surface area contributed by atoms with E-state index in [0.717, 1.165) is 0 Å². The molecule has 0 atom stereocenters. The van der Waals surface area contributed by atoms with Gasteiger partial charge in [-0.3, -0.25) is 0 Å². The van der Waals surface area contributed by atoms with Crippen LogP contribution in [0.25, 0.3) is 0 Å². The molecule has 94 valence electrons. The molecule has 0 aliphatic carbocycles. The minimum Gasteiger partial charge on any atom is -0.192 e. The van der Waals surface area contributed by atoms with Gasteiger partial charge in [-0.2, -0.15) is 10.5 Å². The molecule has 0 aliphatic rings. The zero-order chi connectivity index (χ0) is 14.3. The lowest BCUT2D eigenvalue weighted by Crippen LogP contribution is -1.78. The van der Waals surface area contributed by atoms with Gasteiger partial charge in [0, 0.05) is 0 Å². The maximum atomic E-state index is 8.40. The van der Waals surface area contributed by atoms with Crippen molar-refractivity contribution >= 4 is 0 Å². The van der Waals surface area contributed by atoms with E-state index in [4.69, 9.17) is 10.5 Å². The van der Waals surface area contributed by atoms with Gasteiger partial charge in [0.15, 0.2) is 0 Å². The Balaban J connectivity index is 0.000000191. The standard InChI is InChI=1S/C9H12.C8H4N2/c1-7-4-8(2)6-9(3)5-7;9-5-7-2-1-3-8(4-7)6-10/h4-6H,1-3H3;1-4H. The molecule has 2 nitrogen and oxygen atoms in total. The fraction of sp³-hybridized carbons (Fsp3) is 0.176. The van der Waals surface area contributed by atoms with Crippen LogP contribution in [0.2, 0.25) is 0 Å². The molecule has 19 heavy (non-hydrogen) atoms. The number of nitrogens with zero attached hydrogens (tertiary/aromatic N) is 2. The average Bonchev–Trinajstić information content (AvgIpc) is 2.38. The molecular weight excluding hydrogens is 232 g/mol. The van der Waals surface area contributed by atoms with E-state index in [2.05, 4.69) is 39.0 Å². The lowest BCUT2D eigenvalue weighted by Gasteiger charge is -1.96. The summed E-state index contributed by atoms with van der Waals surface area (Å²) in [5.74, 6) is 0. The Morgan fingerprint density at radius 1 is 0.684 bits per heavy atom. The molecule has 0 amide bonds. The first-order valence-corrected chi connectivity index (χ1v) is 6.00. The van der Waals surface area contributed by atoms with Gasteiger partial charge in [-0.15, -0.1) is 0 Å². The van der Waals surface area contributed by atoms with E-state index >= 15 is 0 Å². The first-order valence-electron chi connectivity index (χ1n) is 6.00. The summed E-state index contributed by atoms with van der Waals surface area (Å²) >= 11 is 0. The normalized spacial score (nSPS) is 8.68. The van der Waals surface area contributed by atoms with Crippen LogP contribution in [0.4, 0.5) is 0 Å². The summed E-state index contributed by atoms with van der Waals surface area (Å²) < 4.78 is 0. The van der Waals surface area contributed by atoms with Crippen molar-refractivity contribution in [3.05, 3.63) is 70.3 Å². The summed E-state index contributed by atoms with van der Waals surface area (Å²) in [6.45, 7) is 6.38. The van der Waals surface area contributed by atoms with Crippen molar-refractivity contribution in [1.29, 1.82) is 10.5 Å². The third kappa shape index (κ3) is 5.06. The van der Waals surface area contributed by atoms with Gasteiger partial charge in [0.1, 0.15) is 0 Å². The summed E-state index contributed by atoms with van der Waals surface area (Å²) in [7, 11) is 0. The largest absolute Gasteiger partial charge is 0.192 e. The number of rotatable bonds is 0. The second kappa shape index (κ2) is 6.99. The molecule has 2 heteroatoms. The molecule has 0 N–H and O–H groups in total. The molecule has 0 aliphatic heterocycles. The third-order valence-electron chi connectivity index (χ3n) is 2.49. The molecule has 2 aromatic carbocycles. The van der Waals surface area contributed by atoms with Crippen LogP contribution in [-0.2, 0) is 0 Å². The van der Waals surface area contributed by atoms with Crippen LogP contribution in [0.3, 0.4) is 0 Å². The van der Waals surface area contributed by atoms with Crippen LogP contribution in [-0.4, -0.2) is 0 Å². The highest BCUT2D eigenvalue weighted by Crippen LogP contribution is 2.06. The number of hydrogen-bond donors (Lipinski definition) is 0. The van der Waals surface area contributed by atoms with Gasteiger partial charge in [0.05, 0.1) is 23.3 Å². The van der Waals surface area contributed by atoms with Crippen molar-refractivity contribution in [2.24, 2.45) is 0 Å². The molecular formula is C17H16N2. The Kier molecular flexibility index (Phi) is 5.33. The lowest BCUT2D eigenvalue weighted by molar-refractivity contribution is 1.32. The van der Waals surface area contributed by atoms with Crippen molar-refractivity contribution < 1.29 is 0 Å². The van der Waals surface area contributed by atoms with Crippen LogP contribution >= 0.6 is 0 Å².